The fourth-order valence-corrected chi connectivity index (χ4v) is 2.97. The van der Waals surface area contributed by atoms with E-state index < -0.39 is 0 Å². The van der Waals surface area contributed by atoms with E-state index in [0.29, 0.717) is 25.9 Å². The van der Waals surface area contributed by atoms with Crippen molar-refractivity contribution in [3.63, 3.8) is 0 Å². The van der Waals surface area contributed by atoms with Gasteiger partial charge in [-0.3, -0.25) is 4.79 Å². The Morgan fingerprint density at radius 3 is 2.62 bits per heavy atom. The number of rotatable bonds is 9. The predicted octanol–water partition coefficient (Wildman–Crippen LogP) is 3.19. The van der Waals surface area contributed by atoms with Crippen LogP contribution in [0.15, 0.2) is 54.7 Å². The number of amides is 1. The molecular formula is C21H24FN3O. The van der Waals surface area contributed by atoms with Crippen molar-refractivity contribution in [1.82, 2.24) is 15.6 Å². The molecule has 0 unspecified atom stereocenters. The highest BCUT2D eigenvalue weighted by Gasteiger charge is 2.03. The summed E-state index contributed by atoms with van der Waals surface area (Å²) in [5, 5.41) is 7.47. The van der Waals surface area contributed by atoms with Gasteiger partial charge in [-0.15, -0.1) is 0 Å². The lowest BCUT2D eigenvalue weighted by Gasteiger charge is -2.07. The van der Waals surface area contributed by atoms with Crippen LogP contribution in [-0.4, -0.2) is 30.5 Å². The van der Waals surface area contributed by atoms with E-state index >= 15 is 0 Å². The lowest BCUT2D eigenvalue weighted by molar-refractivity contribution is -0.120. The van der Waals surface area contributed by atoms with Gasteiger partial charge in [0, 0.05) is 36.6 Å². The van der Waals surface area contributed by atoms with E-state index in [9.17, 15) is 9.18 Å². The van der Waals surface area contributed by atoms with Crippen molar-refractivity contribution in [2.45, 2.75) is 19.3 Å². The average Bonchev–Trinajstić information content (AvgIpc) is 3.06. The molecule has 5 heteroatoms. The molecule has 0 aliphatic heterocycles. The Bertz CT molecular complexity index is 842. The highest BCUT2D eigenvalue weighted by atomic mass is 19.1. The van der Waals surface area contributed by atoms with Crippen molar-refractivity contribution in [3.8, 4) is 0 Å². The van der Waals surface area contributed by atoms with Crippen LogP contribution in [0.25, 0.3) is 10.9 Å². The van der Waals surface area contributed by atoms with Crippen molar-refractivity contribution in [2.24, 2.45) is 0 Å². The first kappa shape index (κ1) is 18.1. The molecule has 0 aliphatic carbocycles. The van der Waals surface area contributed by atoms with Gasteiger partial charge >= 0.3 is 0 Å². The molecule has 2 aromatic carbocycles. The molecule has 1 heterocycles. The second kappa shape index (κ2) is 9.15. The zero-order valence-electron chi connectivity index (χ0n) is 14.7. The fraction of sp³-hybridized carbons (Fsp3) is 0.286. The topological polar surface area (TPSA) is 56.9 Å². The summed E-state index contributed by atoms with van der Waals surface area (Å²) in [7, 11) is 0. The number of carbonyl (C=O) groups is 1. The smallest absolute Gasteiger partial charge is 0.221 e. The Hall–Kier alpha value is -2.66. The van der Waals surface area contributed by atoms with E-state index in [1.807, 2.05) is 12.1 Å². The quantitative estimate of drug-likeness (QED) is 0.518. The molecule has 4 nitrogen and oxygen atoms in total. The maximum atomic E-state index is 12.8. The first-order valence-electron chi connectivity index (χ1n) is 8.99. The van der Waals surface area contributed by atoms with E-state index in [1.165, 1.54) is 23.1 Å². The Labute approximate surface area is 152 Å². The Morgan fingerprint density at radius 1 is 0.962 bits per heavy atom. The Balaban J connectivity index is 1.28. The molecule has 0 bridgehead atoms. The van der Waals surface area contributed by atoms with Crippen LogP contribution < -0.4 is 10.6 Å². The molecular weight excluding hydrogens is 329 g/mol. The second-order valence-corrected chi connectivity index (χ2v) is 6.34. The molecule has 3 aromatic rings. The molecule has 3 N–H and O–H groups in total. The maximum absolute atomic E-state index is 12.8. The highest BCUT2D eigenvalue weighted by Crippen LogP contribution is 2.17. The third-order valence-corrected chi connectivity index (χ3v) is 4.42. The van der Waals surface area contributed by atoms with E-state index in [1.54, 1.807) is 12.1 Å². The van der Waals surface area contributed by atoms with Crippen LogP contribution in [0.2, 0.25) is 0 Å². The summed E-state index contributed by atoms with van der Waals surface area (Å²) >= 11 is 0. The van der Waals surface area contributed by atoms with Crippen LogP contribution in [0.4, 0.5) is 4.39 Å². The monoisotopic (exact) mass is 353 g/mol. The van der Waals surface area contributed by atoms with Crippen LogP contribution >= 0.6 is 0 Å². The number of hydrogen-bond acceptors (Lipinski definition) is 2. The van der Waals surface area contributed by atoms with Crippen molar-refractivity contribution in [1.29, 1.82) is 0 Å². The molecule has 26 heavy (non-hydrogen) atoms. The van der Waals surface area contributed by atoms with Crippen molar-refractivity contribution in [2.75, 3.05) is 19.6 Å². The minimum atomic E-state index is -0.239. The van der Waals surface area contributed by atoms with E-state index in [0.717, 1.165) is 24.0 Å². The highest BCUT2D eigenvalue weighted by molar-refractivity contribution is 5.83. The molecule has 3 rings (SSSR count). The largest absolute Gasteiger partial charge is 0.361 e. The summed E-state index contributed by atoms with van der Waals surface area (Å²) in [5.41, 5.74) is 3.46. The molecule has 136 valence electrons. The van der Waals surface area contributed by atoms with Crippen LogP contribution in [0.5, 0.6) is 0 Å². The number of aromatic nitrogens is 1. The minimum absolute atomic E-state index is 0.0340. The van der Waals surface area contributed by atoms with E-state index in [-0.39, 0.29) is 11.7 Å². The van der Waals surface area contributed by atoms with Gasteiger partial charge in [0.15, 0.2) is 0 Å². The van der Waals surface area contributed by atoms with Crippen molar-refractivity contribution in [3.05, 3.63) is 71.7 Å². The van der Waals surface area contributed by atoms with Crippen LogP contribution in [0.1, 0.15) is 17.5 Å². The third-order valence-electron chi connectivity index (χ3n) is 4.42. The summed E-state index contributed by atoms with van der Waals surface area (Å²) in [6.07, 6.45) is 4.14. The molecule has 1 aromatic heterocycles. The number of halogens is 1. The number of benzene rings is 2. The van der Waals surface area contributed by atoms with Gasteiger partial charge < -0.3 is 15.6 Å². The molecule has 0 atom stereocenters. The number of fused-ring (bicyclic) bond motifs is 1. The van der Waals surface area contributed by atoms with Gasteiger partial charge in [-0.2, -0.15) is 0 Å². The van der Waals surface area contributed by atoms with Gasteiger partial charge in [0.2, 0.25) is 5.91 Å². The number of carbonyl (C=O) groups excluding carboxylic acids is 1. The average molecular weight is 353 g/mol. The Morgan fingerprint density at radius 2 is 1.77 bits per heavy atom. The Kier molecular flexibility index (Phi) is 6.39. The predicted molar refractivity (Wildman–Crippen MR) is 103 cm³/mol. The van der Waals surface area contributed by atoms with Crippen molar-refractivity contribution < 1.29 is 9.18 Å². The minimum Gasteiger partial charge on any atom is -0.361 e. The molecule has 0 saturated heterocycles. The summed E-state index contributed by atoms with van der Waals surface area (Å²) in [5.74, 6) is -0.205. The number of para-hydroxylation sites is 1. The van der Waals surface area contributed by atoms with Gasteiger partial charge in [0.25, 0.3) is 0 Å². The number of H-pyrrole nitrogens is 1. The summed E-state index contributed by atoms with van der Waals surface area (Å²) in [4.78, 5) is 15.1. The molecule has 0 aliphatic rings. The zero-order chi connectivity index (χ0) is 18.2. The van der Waals surface area contributed by atoms with Crippen LogP contribution in [0.3, 0.4) is 0 Å². The molecule has 0 spiro atoms. The number of nitrogens with one attached hydrogen (secondary N) is 3. The van der Waals surface area contributed by atoms with Gasteiger partial charge in [-0.1, -0.05) is 30.3 Å². The molecule has 0 saturated carbocycles. The van der Waals surface area contributed by atoms with Crippen LogP contribution in [-0.2, 0) is 17.6 Å². The molecule has 1 amide bonds. The number of hydrogen-bond donors (Lipinski definition) is 3. The maximum Gasteiger partial charge on any atom is 0.221 e. The first-order chi connectivity index (χ1) is 12.7. The standard InChI is InChI=1S/C21H24FN3O/c22-18-7-5-16(6-8-18)9-14-24-21(26)11-13-23-12-10-17-15-25-20-4-2-1-3-19(17)20/h1-8,15,23,25H,9-14H2,(H,24,26). The van der Waals surface area contributed by atoms with Crippen molar-refractivity contribution >= 4 is 16.8 Å². The lowest BCUT2D eigenvalue weighted by Crippen LogP contribution is -2.29. The SMILES string of the molecule is O=C(CCNCCc1c[nH]c2ccccc12)NCCc1ccc(F)cc1. The lowest BCUT2D eigenvalue weighted by atomic mass is 10.1. The second-order valence-electron chi connectivity index (χ2n) is 6.34. The molecule has 0 radical (unpaired) electrons. The van der Waals surface area contributed by atoms with Gasteiger partial charge in [-0.05, 0) is 48.7 Å². The van der Waals surface area contributed by atoms with Gasteiger partial charge in [0.05, 0.1) is 0 Å². The zero-order valence-corrected chi connectivity index (χ0v) is 14.7. The molecule has 0 fully saturated rings. The summed E-state index contributed by atoms with van der Waals surface area (Å²) in [6, 6.07) is 14.6. The van der Waals surface area contributed by atoms with Gasteiger partial charge in [-0.25, -0.2) is 4.39 Å². The van der Waals surface area contributed by atoms with Crippen LogP contribution in [0, 0.1) is 5.82 Å². The number of aromatic amines is 1. The van der Waals surface area contributed by atoms with E-state index in [2.05, 4.69) is 33.9 Å². The van der Waals surface area contributed by atoms with E-state index in [4.69, 9.17) is 0 Å². The first-order valence-corrected chi connectivity index (χ1v) is 8.99. The summed E-state index contributed by atoms with van der Waals surface area (Å²) in [6.45, 7) is 2.06. The summed E-state index contributed by atoms with van der Waals surface area (Å²) < 4.78 is 12.8. The third kappa shape index (κ3) is 5.17. The fourth-order valence-electron chi connectivity index (χ4n) is 2.97. The van der Waals surface area contributed by atoms with Gasteiger partial charge in [0.1, 0.15) is 5.82 Å². The normalized spacial score (nSPS) is 11.0.